The molecule has 0 aliphatic heterocycles. The van der Waals surface area contributed by atoms with Crippen molar-refractivity contribution in [1.29, 1.82) is 0 Å². The van der Waals surface area contributed by atoms with Gasteiger partial charge in [-0.3, -0.25) is 0 Å². The van der Waals surface area contributed by atoms with E-state index in [-0.39, 0.29) is 0 Å². The summed E-state index contributed by atoms with van der Waals surface area (Å²) in [5.41, 5.74) is 0.446. The third kappa shape index (κ3) is 3.76. The van der Waals surface area contributed by atoms with Crippen LogP contribution in [0.1, 0.15) is 52.9 Å². The van der Waals surface area contributed by atoms with Gasteiger partial charge in [-0.25, -0.2) is 0 Å². The van der Waals surface area contributed by atoms with Crippen LogP contribution in [-0.4, -0.2) is 25.8 Å². The van der Waals surface area contributed by atoms with Gasteiger partial charge < -0.3 is 10.1 Å². The van der Waals surface area contributed by atoms with Crippen LogP contribution in [0.2, 0.25) is 0 Å². The molecular weight excluding hydrogens is 186 g/mol. The highest BCUT2D eigenvalue weighted by Gasteiger charge is 2.34. The van der Waals surface area contributed by atoms with Crippen molar-refractivity contribution in [3.05, 3.63) is 0 Å². The van der Waals surface area contributed by atoms with Gasteiger partial charge in [0.1, 0.15) is 0 Å². The van der Waals surface area contributed by atoms with Crippen molar-refractivity contribution in [1.82, 2.24) is 5.32 Å². The lowest BCUT2D eigenvalue weighted by Crippen LogP contribution is -2.46. The van der Waals surface area contributed by atoms with Gasteiger partial charge in [0.25, 0.3) is 0 Å². The first-order chi connectivity index (χ1) is 7.08. The molecule has 90 valence electrons. The molecule has 0 heterocycles. The topological polar surface area (TPSA) is 21.3 Å². The van der Waals surface area contributed by atoms with Crippen molar-refractivity contribution < 1.29 is 4.74 Å². The molecule has 2 nitrogen and oxygen atoms in total. The fourth-order valence-electron chi connectivity index (χ4n) is 2.63. The van der Waals surface area contributed by atoms with Gasteiger partial charge in [0.2, 0.25) is 0 Å². The van der Waals surface area contributed by atoms with Crippen molar-refractivity contribution in [3.63, 3.8) is 0 Å². The number of rotatable bonds is 5. The highest BCUT2D eigenvalue weighted by molar-refractivity contribution is 4.89. The van der Waals surface area contributed by atoms with Crippen LogP contribution in [0, 0.1) is 5.41 Å². The number of nitrogens with one attached hydrogen (secondary N) is 1. The Kier molecular flexibility index (Phi) is 5.07. The van der Waals surface area contributed by atoms with Crippen molar-refractivity contribution in [3.8, 4) is 0 Å². The van der Waals surface area contributed by atoms with E-state index in [1.807, 2.05) is 0 Å². The Labute approximate surface area is 94.8 Å². The minimum Gasteiger partial charge on any atom is -0.377 e. The Hall–Kier alpha value is -0.0800. The summed E-state index contributed by atoms with van der Waals surface area (Å²) in [4.78, 5) is 0. The van der Waals surface area contributed by atoms with Crippen LogP contribution in [0.25, 0.3) is 0 Å². The van der Waals surface area contributed by atoms with Gasteiger partial charge in [0.05, 0.1) is 12.7 Å². The molecule has 0 bridgehead atoms. The second-order valence-corrected chi connectivity index (χ2v) is 5.44. The molecule has 0 aromatic carbocycles. The number of hydrogen-bond acceptors (Lipinski definition) is 2. The Morgan fingerprint density at radius 3 is 2.27 bits per heavy atom. The SMILES string of the molecule is CNC(COC(C)C)C1(C)CCCCC1. The molecule has 0 aromatic heterocycles. The largest absolute Gasteiger partial charge is 0.377 e. The third-order valence-electron chi connectivity index (χ3n) is 3.78. The van der Waals surface area contributed by atoms with Crippen LogP contribution in [0.3, 0.4) is 0 Å². The summed E-state index contributed by atoms with van der Waals surface area (Å²) in [7, 11) is 2.06. The predicted molar refractivity (Wildman–Crippen MR) is 65.1 cm³/mol. The van der Waals surface area contributed by atoms with E-state index in [1.165, 1.54) is 32.1 Å². The van der Waals surface area contributed by atoms with Gasteiger partial charge >= 0.3 is 0 Å². The van der Waals surface area contributed by atoms with Crippen molar-refractivity contribution in [2.75, 3.05) is 13.7 Å². The molecule has 0 aromatic rings. The zero-order chi connectivity index (χ0) is 11.3. The quantitative estimate of drug-likeness (QED) is 0.758. The lowest BCUT2D eigenvalue weighted by molar-refractivity contribution is 0.0179. The summed E-state index contributed by atoms with van der Waals surface area (Å²) in [5.74, 6) is 0. The normalized spacial score (nSPS) is 23.0. The number of ether oxygens (including phenoxy) is 1. The summed E-state index contributed by atoms with van der Waals surface area (Å²) >= 11 is 0. The van der Waals surface area contributed by atoms with E-state index in [0.717, 1.165) is 6.61 Å². The lowest BCUT2D eigenvalue weighted by atomic mass is 9.71. The molecule has 1 atom stereocenters. The minimum absolute atomic E-state index is 0.341. The summed E-state index contributed by atoms with van der Waals surface area (Å²) in [5, 5.41) is 3.44. The fraction of sp³-hybridized carbons (Fsp3) is 1.00. The monoisotopic (exact) mass is 213 g/mol. The van der Waals surface area contributed by atoms with Crippen LogP contribution in [0.5, 0.6) is 0 Å². The van der Waals surface area contributed by atoms with E-state index >= 15 is 0 Å². The van der Waals surface area contributed by atoms with E-state index in [2.05, 4.69) is 33.1 Å². The molecule has 1 N–H and O–H groups in total. The molecule has 15 heavy (non-hydrogen) atoms. The Morgan fingerprint density at radius 1 is 1.20 bits per heavy atom. The Bertz CT molecular complexity index is 173. The average molecular weight is 213 g/mol. The van der Waals surface area contributed by atoms with Gasteiger partial charge in [-0.2, -0.15) is 0 Å². The average Bonchev–Trinajstić information content (AvgIpc) is 2.19. The van der Waals surface area contributed by atoms with E-state index in [4.69, 9.17) is 4.74 Å². The molecular formula is C13H27NO. The van der Waals surface area contributed by atoms with Crippen LogP contribution in [0.15, 0.2) is 0 Å². The van der Waals surface area contributed by atoms with Crippen LogP contribution >= 0.6 is 0 Å². The molecule has 1 unspecified atom stereocenters. The first-order valence-corrected chi connectivity index (χ1v) is 6.37. The zero-order valence-electron chi connectivity index (χ0n) is 10.8. The molecule has 0 saturated heterocycles. The smallest absolute Gasteiger partial charge is 0.0628 e. The molecule has 0 spiro atoms. The van der Waals surface area contributed by atoms with Gasteiger partial charge in [-0.05, 0) is 39.2 Å². The first-order valence-electron chi connectivity index (χ1n) is 6.37. The molecule has 0 radical (unpaired) electrons. The predicted octanol–water partition coefficient (Wildman–Crippen LogP) is 2.97. The molecule has 2 heteroatoms. The third-order valence-corrected chi connectivity index (χ3v) is 3.78. The maximum atomic E-state index is 5.75. The molecule has 1 fully saturated rings. The zero-order valence-corrected chi connectivity index (χ0v) is 10.8. The molecule has 1 rings (SSSR count). The first kappa shape index (κ1) is 13.0. The minimum atomic E-state index is 0.341. The molecule has 1 saturated carbocycles. The molecule has 0 amide bonds. The van der Waals surface area contributed by atoms with Crippen molar-refractivity contribution in [2.45, 2.75) is 65.0 Å². The van der Waals surface area contributed by atoms with Crippen molar-refractivity contribution >= 4 is 0 Å². The molecule has 1 aliphatic carbocycles. The number of likely N-dealkylation sites (N-methyl/N-ethyl adjacent to an activating group) is 1. The second kappa shape index (κ2) is 5.86. The Balaban J connectivity index is 2.47. The van der Waals surface area contributed by atoms with Gasteiger partial charge in [-0.1, -0.05) is 26.2 Å². The maximum absolute atomic E-state index is 5.75. The van der Waals surface area contributed by atoms with Gasteiger partial charge in [0, 0.05) is 6.04 Å². The maximum Gasteiger partial charge on any atom is 0.0628 e. The van der Waals surface area contributed by atoms with E-state index < -0.39 is 0 Å². The van der Waals surface area contributed by atoms with Crippen molar-refractivity contribution in [2.24, 2.45) is 5.41 Å². The fourth-order valence-corrected chi connectivity index (χ4v) is 2.63. The van der Waals surface area contributed by atoms with Crippen LogP contribution in [-0.2, 0) is 4.74 Å². The summed E-state index contributed by atoms with van der Waals surface area (Å²) in [6.07, 6.45) is 7.22. The van der Waals surface area contributed by atoms with E-state index in [9.17, 15) is 0 Å². The lowest BCUT2D eigenvalue weighted by Gasteiger charge is -2.40. The van der Waals surface area contributed by atoms with Crippen LogP contribution < -0.4 is 5.32 Å². The van der Waals surface area contributed by atoms with Crippen LogP contribution in [0.4, 0.5) is 0 Å². The number of hydrogen-bond donors (Lipinski definition) is 1. The highest BCUT2D eigenvalue weighted by atomic mass is 16.5. The second-order valence-electron chi connectivity index (χ2n) is 5.44. The standard InChI is InChI=1S/C13H27NO/c1-11(2)15-10-12(14-4)13(3)8-6-5-7-9-13/h11-12,14H,5-10H2,1-4H3. The Morgan fingerprint density at radius 2 is 1.80 bits per heavy atom. The van der Waals surface area contributed by atoms with Gasteiger partial charge in [-0.15, -0.1) is 0 Å². The summed E-state index contributed by atoms with van der Waals surface area (Å²) in [6, 6.07) is 0.514. The van der Waals surface area contributed by atoms with Gasteiger partial charge in [0.15, 0.2) is 0 Å². The highest BCUT2D eigenvalue weighted by Crippen LogP contribution is 2.38. The van der Waals surface area contributed by atoms with E-state index in [0.29, 0.717) is 17.6 Å². The summed E-state index contributed by atoms with van der Waals surface area (Å²) in [6.45, 7) is 7.48. The van der Waals surface area contributed by atoms with E-state index in [1.54, 1.807) is 0 Å². The summed E-state index contributed by atoms with van der Waals surface area (Å²) < 4.78 is 5.75. The molecule has 1 aliphatic rings.